The standard InChI is InChI=1S/C24H29N5O/c1-23(2,3)21(30)18-12-26-22-20(18)28-19(13-27-22)16-5-4-6-17(11-16)29-10-8-24(15-29)7-9-25-14-24/h4-6,11-13,25H,7-10,14-15H2,1-3H3,(H,26,27). The fourth-order valence-corrected chi connectivity index (χ4v) is 4.77. The normalized spacial score (nSPS) is 21.8. The van der Waals surface area contributed by atoms with Gasteiger partial charge in [0.25, 0.3) is 0 Å². The van der Waals surface area contributed by atoms with E-state index in [1.54, 1.807) is 12.4 Å². The number of nitrogens with zero attached hydrogens (tertiary/aromatic N) is 3. The lowest BCUT2D eigenvalue weighted by atomic mass is 9.86. The Morgan fingerprint density at radius 2 is 2.10 bits per heavy atom. The molecule has 0 aliphatic carbocycles. The molecule has 2 aromatic heterocycles. The maximum atomic E-state index is 12.8. The van der Waals surface area contributed by atoms with E-state index in [1.165, 1.54) is 18.5 Å². The number of H-pyrrole nitrogens is 1. The molecule has 0 bridgehead atoms. The molecule has 1 unspecified atom stereocenters. The molecule has 0 radical (unpaired) electrons. The number of hydrogen-bond donors (Lipinski definition) is 2. The monoisotopic (exact) mass is 403 g/mol. The fraction of sp³-hybridized carbons (Fsp3) is 0.458. The molecular formula is C24H29N5O. The van der Waals surface area contributed by atoms with Crippen molar-refractivity contribution in [3.63, 3.8) is 0 Å². The molecule has 1 aromatic carbocycles. The van der Waals surface area contributed by atoms with E-state index in [1.807, 2.05) is 20.8 Å². The van der Waals surface area contributed by atoms with E-state index in [9.17, 15) is 4.79 Å². The van der Waals surface area contributed by atoms with Gasteiger partial charge < -0.3 is 15.2 Å². The topological polar surface area (TPSA) is 73.9 Å². The number of Topliss-reactive ketones (excluding diaryl/α,β-unsaturated/α-hetero) is 1. The first kappa shape index (κ1) is 19.2. The van der Waals surface area contributed by atoms with Crippen molar-refractivity contribution >= 4 is 22.6 Å². The van der Waals surface area contributed by atoms with Crippen molar-refractivity contribution in [3.8, 4) is 11.3 Å². The van der Waals surface area contributed by atoms with Crippen LogP contribution >= 0.6 is 0 Å². The van der Waals surface area contributed by atoms with Gasteiger partial charge in [0.15, 0.2) is 11.4 Å². The first-order valence-corrected chi connectivity index (χ1v) is 10.8. The van der Waals surface area contributed by atoms with Gasteiger partial charge in [-0.1, -0.05) is 32.9 Å². The summed E-state index contributed by atoms with van der Waals surface area (Å²) in [7, 11) is 0. The first-order valence-electron chi connectivity index (χ1n) is 10.8. The Morgan fingerprint density at radius 1 is 1.23 bits per heavy atom. The third kappa shape index (κ3) is 3.29. The lowest BCUT2D eigenvalue weighted by Crippen LogP contribution is -2.29. The number of aromatic nitrogens is 3. The zero-order valence-electron chi connectivity index (χ0n) is 18.0. The second-order valence-electron chi connectivity index (χ2n) is 9.88. The largest absolute Gasteiger partial charge is 0.371 e. The summed E-state index contributed by atoms with van der Waals surface area (Å²) in [6.45, 7) is 10.3. The highest BCUT2D eigenvalue weighted by molar-refractivity contribution is 6.08. The summed E-state index contributed by atoms with van der Waals surface area (Å²) in [6.07, 6.45) is 6.04. The van der Waals surface area contributed by atoms with Crippen LogP contribution in [0, 0.1) is 10.8 Å². The molecule has 30 heavy (non-hydrogen) atoms. The van der Waals surface area contributed by atoms with Gasteiger partial charge >= 0.3 is 0 Å². The molecule has 6 nitrogen and oxygen atoms in total. The molecule has 0 saturated carbocycles. The minimum absolute atomic E-state index is 0.0708. The third-order valence-corrected chi connectivity index (χ3v) is 6.58. The SMILES string of the molecule is CC(C)(C)C(=O)c1c[nH]c2ncc(-c3cccc(N4CCC5(CCNC5)C4)c3)nc12. The van der Waals surface area contributed by atoms with Gasteiger partial charge in [-0.05, 0) is 31.5 Å². The predicted molar refractivity (Wildman–Crippen MR) is 120 cm³/mol. The molecule has 0 amide bonds. The van der Waals surface area contributed by atoms with Crippen molar-refractivity contribution in [1.82, 2.24) is 20.3 Å². The molecule has 4 heterocycles. The molecule has 1 atom stereocenters. The van der Waals surface area contributed by atoms with E-state index in [0.717, 1.165) is 37.4 Å². The zero-order chi connectivity index (χ0) is 20.9. The Morgan fingerprint density at radius 3 is 2.87 bits per heavy atom. The summed E-state index contributed by atoms with van der Waals surface area (Å²) in [4.78, 5) is 27.8. The molecule has 2 saturated heterocycles. The average Bonchev–Trinajstić information content (AvgIpc) is 3.47. The van der Waals surface area contributed by atoms with Gasteiger partial charge in [0.2, 0.25) is 0 Å². The number of ketones is 1. The average molecular weight is 404 g/mol. The molecule has 1 spiro atoms. The van der Waals surface area contributed by atoms with Gasteiger partial charge in [0.1, 0.15) is 5.52 Å². The van der Waals surface area contributed by atoms with E-state index in [0.29, 0.717) is 22.1 Å². The number of rotatable bonds is 3. The van der Waals surface area contributed by atoms with Crippen molar-refractivity contribution in [1.29, 1.82) is 0 Å². The van der Waals surface area contributed by atoms with Gasteiger partial charge in [0.05, 0.1) is 17.5 Å². The molecule has 156 valence electrons. The van der Waals surface area contributed by atoms with Gasteiger partial charge in [-0.2, -0.15) is 0 Å². The van der Waals surface area contributed by atoms with E-state index < -0.39 is 5.41 Å². The molecule has 2 aliphatic rings. The highest BCUT2D eigenvalue weighted by Crippen LogP contribution is 2.39. The number of anilines is 1. The van der Waals surface area contributed by atoms with Crippen LogP contribution in [0.2, 0.25) is 0 Å². The van der Waals surface area contributed by atoms with Crippen LogP contribution in [-0.4, -0.2) is 46.9 Å². The van der Waals surface area contributed by atoms with Crippen LogP contribution in [0.5, 0.6) is 0 Å². The van der Waals surface area contributed by atoms with Crippen molar-refractivity contribution in [2.45, 2.75) is 33.6 Å². The number of benzene rings is 1. The van der Waals surface area contributed by atoms with E-state index >= 15 is 0 Å². The number of fused-ring (bicyclic) bond motifs is 1. The van der Waals surface area contributed by atoms with E-state index in [-0.39, 0.29) is 5.78 Å². The summed E-state index contributed by atoms with van der Waals surface area (Å²) in [5, 5.41) is 3.53. The predicted octanol–water partition coefficient (Wildman–Crippen LogP) is 4.04. The molecule has 2 N–H and O–H groups in total. The summed E-state index contributed by atoms with van der Waals surface area (Å²) < 4.78 is 0. The maximum absolute atomic E-state index is 12.8. The third-order valence-electron chi connectivity index (χ3n) is 6.58. The zero-order valence-corrected chi connectivity index (χ0v) is 18.0. The summed E-state index contributed by atoms with van der Waals surface area (Å²) in [6, 6.07) is 8.55. The lowest BCUT2D eigenvalue weighted by Gasteiger charge is -2.24. The van der Waals surface area contributed by atoms with Crippen LogP contribution in [0.4, 0.5) is 5.69 Å². The van der Waals surface area contributed by atoms with Crippen molar-refractivity contribution in [2.75, 3.05) is 31.1 Å². The Labute approximate surface area is 177 Å². The fourth-order valence-electron chi connectivity index (χ4n) is 4.77. The summed E-state index contributed by atoms with van der Waals surface area (Å²) >= 11 is 0. The van der Waals surface area contributed by atoms with Gasteiger partial charge in [0, 0.05) is 47.9 Å². The van der Waals surface area contributed by atoms with Crippen LogP contribution in [0.3, 0.4) is 0 Å². The van der Waals surface area contributed by atoms with Crippen LogP contribution in [0.25, 0.3) is 22.4 Å². The molecule has 3 aromatic rings. The number of carbonyl (C=O) groups is 1. The number of carbonyl (C=O) groups excluding carboxylic acids is 1. The van der Waals surface area contributed by atoms with Crippen molar-refractivity contribution < 1.29 is 4.79 Å². The maximum Gasteiger partial charge on any atom is 0.171 e. The molecule has 6 heteroatoms. The second kappa shape index (κ2) is 6.91. The molecule has 2 aliphatic heterocycles. The van der Waals surface area contributed by atoms with Gasteiger partial charge in [-0.25, -0.2) is 9.97 Å². The highest BCUT2D eigenvalue weighted by Gasteiger charge is 2.40. The smallest absolute Gasteiger partial charge is 0.171 e. The second-order valence-corrected chi connectivity index (χ2v) is 9.88. The molecule has 5 rings (SSSR count). The first-order chi connectivity index (χ1) is 14.3. The van der Waals surface area contributed by atoms with Crippen LogP contribution in [0.1, 0.15) is 44.0 Å². The minimum Gasteiger partial charge on any atom is -0.371 e. The van der Waals surface area contributed by atoms with Crippen molar-refractivity contribution in [2.24, 2.45) is 10.8 Å². The Kier molecular flexibility index (Phi) is 4.43. The van der Waals surface area contributed by atoms with E-state index in [4.69, 9.17) is 4.98 Å². The van der Waals surface area contributed by atoms with Gasteiger partial charge in [-0.15, -0.1) is 0 Å². The summed E-state index contributed by atoms with van der Waals surface area (Å²) in [5.74, 6) is 0.0708. The van der Waals surface area contributed by atoms with Crippen LogP contribution in [-0.2, 0) is 0 Å². The van der Waals surface area contributed by atoms with Crippen molar-refractivity contribution in [3.05, 3.63) is 42.2 Å². The molecule has 2 fully saturated rings. The number of nitrogens with one attached hydrogen (secondary N) is 2. The summed E-state index contributed by atoms with van der Waals surface area (Å²) in [5.41, 5.74) is 4.94. The molecular weight excluding hydrogens is 374 g/mol. The van der Waals surface area contributed by atoms with Crippen LogP contribution in [0.15, 0.2) is 36.7 Å². The lowest BCUT2D eigenvalue weighted by molar-refractivity contribution is 0.0860. The van der Waals surface area contributed by atoms with Crippen LogP contribution < -0.4 is 10.2 Å². The Balaban J connectivity index is 1.47. The Hall–Kier alpha value is -2.73. The minimum atomic E-state index is -0.465. The number of aromatic amines is 1. The quantitative estimate of drug-likeness (QED) is 0.646. The highest BCUT2D eigenvalue weighted by atomic mass is 16.1. The number of hydrogen-bond acceptors (Lipinski definition) is 5. The van der Waals surface area contributed by atoms with Gasteiger partial charge in [-0.3, -0.25) is 4.79 Å². The Bertz CT molecular complexity index is 1100. The van der Waals surface area contributed by atoms with E-state index in [2.05, 4.69) is 44.5 Å².